The molecule has 20 heavy (non-hydrogen) atoms. The highest BCUT2D eigenvalue weighted by Crippen LogP contribution is 2.34. The van der Waals surface area contributed by atoms with Gasteiger partial charge in [-0.2, -0.15) is 0 Å². The minimum Gasteiger partial charge on any atom is -0.329 e. The van der Waals surface area contributed by atoms with Gasteiger partial charge in [0, 0.05) is 24.2 Å². The van der Waals surface area contributed by atoms with Gasteiger partial charge in [-0.15, -0.1) is 0 Å². The second kappa shape index (κ2) is 7.14. The van der Waals surface area contributed by atoms with Crippen molar-refractivity contribution in [2.45, 2.75) is 51.1 Å². The lowest BCUT2D eigenvalue weighted by molar-refractivity contribution is 0.151. The van der Waals surface area contributed by atoms with E-state index < -0.39 is 6.43 Å². The minimum absolute atomic E-state index is 0.0797. The molecule has 0 radical (unpaired) electrons. The third-order valence-corrected chi connectivity index (χ3v) is 3.98. The molecule has 1 aliphatic carbocycles. The average Bonchev–Trinajstić information content (AvgIpc) is 3.28. The molecule has 1 fully saturated rings. The Morgan fingerprint density at radius 2 is 1.80 bits per heavy atom. The summed E-state index contributed by atoms with van der Waals surface area (Å²) in [5.74, 6) is 0. The van der Waals surface area contributed by atoms with E-state index in [1.165, 1.54) is 25.0 Å². The predicted molar refractivity (Wildman–Crippen MR) is 77.8 cm³/mol. The van der Waals surface area contributed by atoms with Crippen molar-refractivity contribution in [2.75, 3.05) is 13.1 Å². The first kappa shape index (κ1) is 15.4. The molecule has 0 bridgehead atoms. The maximum atomic E-state index is 12.6. The van der Waals surface area contributed by atoms with Crippen LogP contribution in [0.5, 0.6) is 0 Å². The number of benzene rings is 1. The summed E-state index contributed by atoms with van der Waals surface area (Å²) >= 11 is 0. The molecule has 1 aliphatic rings. The normalized spacial score (nSPS) is 16.9. The van der Waals surface area contributed by atoms with Gasteiger partial charge in [0.1, 0.15) is 0 Å². The van der Waals surface area contributed by atoms with Crippen LogP contribution in [0.25, 0.3) is 0 Å². The quantitative estimate of drug-likeness (QED) is 0.784. The van der Waals surface area contributed by atoms with E-state index in [1.807, 2.05) is 0 Å². The Morgan fingerprint density at radius 3 is 2.25 bits per heavy atom. The number of hydrogen-bond acceptors (Lipinski definition) is 2. The summed E-state index contributed by atoms with van der Waals surface area (Å²) in [4.78, 5) is 2.46. The lowest BCUT2D eigenvalue weighted by Gasteiger charge is -2.31. The van der Waals surface area contributed by atoms with E-state index >= 15 is 0 Å². The highest BCUT2D eigenvalue weighted by atomic mass is 19.3. The van der Waals surface area contributed by atoms with Crippen molar-refractivity contribution in [2.24, 2.45) is 5.73 Å². The number of halogens is 2. The molecule has 4 heteroatoms. The highest BCUT2D eigenvalue weighted by Gasteiger charge is 2.33. The fourth-order valence-electron chi connectivity index (χ4n) is 2.67. The topological polar surface area (TPSA) is 29.3 Å². The van der Waals surface area contributed by atoms with Crippen LogP contribution in [0.3, 0.4) is 0 Å². The van der Waals surface area contributed by atoms with Gasteiger partial charge in [-0.05, 0) is 31.4 Å². The SMILES string of the molecule is CCCCN(C1CC1)C(CN)c1ccc(C(F)F)cc1. The van der Waals surface area contributed by atoms with Crippen LogP contribution in [-0.2, 0) is 0 Å². The molecule has 0 aliphatic heterocycles. The maximum absolute atomic E-state index is 12.6. The van der Waals surface area contributed by atoms with E-state index in [1.54, 1.807) is 12.1 Å². The van der Waals surface area contributed by atoms with Gasteiger partial charge in [-0.1, -0.05) is 37.6 Å². The van der Waals surface area contributed by atoms with E-state index in [0.29, 0.717) is 12.6 Å². The number of nitrogens with two attached hydrogens (primary N) is 1. The second-order valence-electron chi connectivity index (χ2n) is 5.54. The van der Waals surface area contributed by atoms with Crippen molar-refractivity contribution in [3.8, 4) is 0 Å². The van der Waals surface area contributed by atoms with Gasteiger partial charge in [0.2, 0.25) is 0 Å². The Bertz CT molecular complexity index is 401. The van der Waals surface area contributed by atoms with Gasteiger partial charge in [0.25, 0.3) is 6.43 Å². The summed E-state index contributed by atoms with van der Waals surface area (Å²) in [6.45, 7) is 3.76. The Kier molecular flexibility index (Phi) is 5.49. The van der Waals surface area contributed by atoms with Crippen molar-refractivity contribution in [3.63, 3.8) is 0 Å². The largest absolute Gasteiger partial charge is 0.329 e. The number of rotatable bonds is 8. The Morgan fingerprint density at radius 1 is 1.20 bits per heavy atom. The van der Waals surface area contributed by atoms with Crippen LogP contribution in [0.15, 0.2) is 24.3 Å². The van der Waals surface area contributed by atoms with E-state index in [-0.39, 0.29) is 11.6 Å². The van der Waals surface area contributed by atoms with Crippen LogP contribution in [0, 0.1) is 0 Å². The van der Waals surface area contributed by atoms with Crippen molar-refractivity contribution in [3.05, 3.63) is 35.4 Å². The molecule has 0 heterocycles. The van der Waals surface area contributed by atoms with E-state index in [4.69, 9.17) is 5.73 Å². The smallest absolute Gasteiger partial charge is 0.263 e. The standard InChI is InChI=1S/C16H24F2N2/c1-2-3-10-20(14-8-9-14)15(11-19)12-4-6-13(7-5-12)16(17)18/h4-7,14-16H,2-3,8-11,19H2,1H3. The highest BCUT2D eigenvalue weighted by molar-refractivity contribution is 5.26. The molecule has 0 saturated heterocycles. The number of unbranched alkanes of at least 4 members (excludes halogenated alkanes) is 1. The molecule has 1 unspecified atom stereocenters. The van der Waals surface area contributed by atoms with Gasteiger partial charge in [0.15, 0.2) is 0 Å². The lowest BCUT2D eigenvalue weighted by Crippen LogP contribution is -2.36. The number of hydrogen-bond donors (Lipinski definition) is 1. The zero-order valence-corrected chi connectivity index (χ0v) is 12.1. The Labute approximate surface area is 120 Å². The monoisotopic (exact) mass is 282 g/mol. The van der Waals surface area contributed by atoms with Crippen LogP contribution in [0.1, 0.15) is 56.2 Å². The summed E-state index contributed by atoms with van der Waals surface area (Å²) in [6.07, 6.45) is 2.37. The van der Waals surface area contributed by atoms with E-state index in [2.05, 4.69) is 11.8 Å². The fourth-order valence-corrected chi connectivity index (χ4v) is 2.67. The van der Waals surface area contributed by atoms with Crippen LogP contribution in [0.2, 0.25) is 0 Å². The molecule has 0 spiro atoms. The summed E-state index contributed by atoms with van der Waals surface area (Å²) in [7, 11) is 0. The summed E-state index contributed by atoms with van der Waals surface area (Å²) < 4.78 is 25.2. The van der Waals surface area contributed by atoms with Crippen molar-refractivity contribution in [1.82, 2.24) is 4.90 Å². The van der Waals surface area contributed by atoms with Gasteiger partial charge < -0.3 is 5.73 Å². The molecule has 1 aromatic rings. The molecular weight excluding hydrogens is 258 g/mol. The molecule has 2 N–H and O–H groups in total. The van der Waals surface area contributed by atoms with Gasteiger partial charge >= 0.3 is 0 Å². The molecule has 2 rings (SSSR count). The molecule has 0 amide bonds. The zero-order valence-electron chi connectivity index (χ0n) is 12.1. The fraction of sp³-hybridized carbons (Fsp3) is 0.625. The molecule has 2 nitrogen and oxygen atoms in total. The van der Waals surface area contributed by atoms with Crippen molar-refractivity contribution >= 4 is 0 Å². The van der Waals surface area contributed by atoms with Crippen LogP contribution in [0.4, 0.5) is 8.78 Å². The van der Waals surface area contributed by atoms with Crippen LogP contribution >= 0.6 is 0 Å². The maximum Gasteiger partial charge on any atom is 0.263 e. The third-order valence-electron chi connectivity index (χ3n) is 3.98. The molecule has 1 aromatic carbocycles. The van der Waals surface area contributed by atoms with Gasteiger partial charge in [-0.25, -0.2) is 8.78 Å². The third kappa shape index (κ3) is 3.76. The first-order chi connectivity index (χ1) is 9.67. The minimum atomic E-state index is -2.40. The molecular formula is C16H24F2N2. The van der Waals surface area contributed by atoms with Crippen LogP contribution in [-0.4, -0.2) is 24.0 Å². The Hall–Kier alpha value is -1.00. The van der Waals surface area contributed by atoms with E-state index in [0.717, 1.165) is 24.9 Å². The molecule has 112 valence electrons. The second-order valence-corrected chi connectivity index (χ2v) is 5.54. The number of nitrogens with zero attached hydrogens (tertiary/aromatic N) is 1. The first-order valence-electron chi connectivity index (χ1n) is 7.51. The van der Waals surface area contributed by atoms with Crippen molar-refractivity contribution in [1.29, 1.82) is 0 Å². The van der Waals surface area contributed by atoms with E-state index in [9.17, 15) is 8.78 Å². The average molecular weight is 282 g/mol. The van der Waals surface area contributed by atoms with Crippen LogP contribution < -0.4 is 5.73 Å². The summed E-state index contributed by atoms with van der Waals surface area (Å²) in [5, 5.41) is 0. The van der Waals surface area contributed by atoms with Gasteiger partial charge in [0.05, 0.1) is 0 Å². The Balaban J connectivity index is 2.12. The molecule has 1 atom stereocenters. The zero-order chi connectivity index (χ0) is 14.5. The van der Waals surface area contributed by atoms with Crippen molar-refractivity contribution < 1.29 is 8.78 Å². The first-order valence-corrected chi connectivity index (χ1v) is 7.51. The lowest BCUT2D eigenvalue weighted by atomic mass is 10.0. The summed E-state index contributed by atoms with van der Waals surface area (Å²) in [6, 6.07) is 7.44. The molecule has 1 saturated carbocycles. The van der Waals surface area contributed by atoms with Gasteiger partial charge in [-0.3, -0.25) is 4.90 Å². The summed E-state index contributed by atoms with van der Waals surface area (Å²) in [5.41, 5.74) is 7.09. The predicted octanol–water partition coefficient (Wildman–Crippen LogP) is 3.89. The number of alkyl halides is 2. The molecule has 0 aromatic heterocycles.